The number of ether oxygens (including phenoxy) is 1. The van der Waals surface area contributed by atoms with Gasteiger partial charge in [0.15, 0.2) is 0 Å². The second-order valence-electron chi connectivity index (χ2n) is 4.58. The molecule has 0 atom stereocenters. The van der Waals surface area contributed by atoms with E-state index in [1.54, 1.807) is 6.20 Å². The molecule has 0 spiro atoms. The van der Waals surface area contributed by atoms with Gasteiger partial charge in [-0.15, -0.1) is 0 Å². The average Bonchev–Trinajstić information content (AvgIpc) is 2.42. The van der Waals surface area contributed by atoms with Crippen LogP contribution in [0.25, 0.3) is 0 Å². The summed E-state index contributed by atoms with van der Waals surface area (Å²) in [4.78, 5) is 16.5. The zero-order valence-corrected chi connectivity index (χ0v) is 12.2. The van der Waals surface area contributed by atoms with Crippen molar-refractivity contribution < 1.29 is 9.53 Å². The largest absolute Gasteiger partial charge is 0.381 e. The zero-order valence-electron chi connectivity index (χ0n) is 10.6. The number of hydrogen-bond acceptors (Lipinski definition) is 4. The number of rotatable bonds is 2. The van der Waals surface area contributed by atoms with E-state index in [1.807, 2.05) is 13.0 Å². The van der Waals surface area contributed by atoms with E-state index in [4.69, 9.17) is 4.74 Å². The molecule has 1 amide bonds. The number of pyridine rings is 1. The van der Waals surface area contributed by atoms with E-state index in [9.17, 15) is 10.1 Å². The van der Waals surface area contributed by atoms with Crippen molar-refractivity contribution in [3.05, 3.63) is 22.3 Å². The Bertz CT molecular complexity index is 533. The molecule has 1 N–H and O–H groups in total. The number of aryl methyl sites for hydroxylation is 1. The normalized spacial score (nSPS) is 17.5. The number of carbonyl (C=O) groups is 1. The summed E-state index contributed by atoms with van der Waals surface area (Å²) in [5.74, 6) is 0.200. The van der Waals surface area contributed by atoms with Gasteiger partial charge in [0.1, 0.15) is 11.2 Å². The number of anilines is 1. The van der Waals surface area contributed by atoms with Crippen LogP contribution in [0, 0.1) is 23.7 Å². The van der Waals surface area contributed by atoms with E-state index >= 15 is 0 Å². The lowest BCUT2D eigenvalue weighted by atomic mass is 9.81. The van der Waals surface area contributed by atoms with Crippen molar-refractivity contribution in [3.63, 3.8) is 0 Å². The Kier molecular flexibility index (Phi) is 4.17. The number of nitrogens with one attached hydrogen (secondary N) is 1. The van der Waals surface area contributed by atoms with Crippen molar-refractivity contribution in [2.24, 2.45) is 5.41 Å². The van der Waals surface area contributed by atoms with Crippen LogP contribution in [0.2, 0.25) is 0 Å². The van der Waals surface area contributed by atoms with Gasteiger partial charge in [-0.3, -0.25) is 4.79 Å². The first kappa shape index (κ1) is 14.0. The van der Waals surface area contributed by atoms with E-state index in [1.165, 1.54) is 0 Å². The Balaban J connectivity index is 2.18. The van der Waals surface area contributed by atoms with E-state index in [-0.39, 0.29) is 5.91 Å². The van der Waals surface area contributed by atoms with Crippen molar-refractivity contribution in [1.82, 2.24) is 4.98 Å². The SMILES string of the molecule is Cc1cc(Br)cnc1NC(=O)C1(C#N)CCOCC1. The molecule has 5 nitrogen and oxygen atoms in total. The predicted molar refractivity (Wildman–Crippen MR) is 73.4 cm³/mol. The summed E-state index contributed by atoms with van der Waals surface area (Å²) in [6.45, 7) is 2.73. The Labute approximate surface area is 120 Å². The van der Waals surface area contributed by atoms with Crippen LogP contribution in [0.1, 0.15) is 18.4 Å². The monoisotopic (exact) mass is 323 g/mol. The zero-order chi connectivity index (χ0) is 13.9. The number of amides is 1. The highest BCUT2D eigenvalue weighted by molar-refractivity contribution is 9.10. The van der Waals surface area contributed by atoms with Gasteiger partial charge >= 0.3 is 0 Å². The molecule has 1 aliphatic rings. The number of carbonyl (C=O) groups excluding carboxylic acids is 1. The average molecular weight is 324 g/mol. The molecular weight excluding hydrogens is 310 g/mol. The second-order valence-corrected chi connectivity index (χ2v) is 5.50. The van der Waals surface area contributed by atoms with Gasteiger partial charge in [0.05, 0.1) is 6.07 Å². The first-order valence-electron chi connectivity index (χ1n) is 6.00. The maximum absolute atomic E-state index is 12.3. The molecule has 19 heavy (non-hydrogen) atoms. The fraction of sp³-hybridized carbons (Fsp3) is 0.462. The van der Waals surface area contributed by atoms with E-state index in [2.05, 4.69) is 32.3 Å². The van der Waals surface area contributed by atoms with Gasteiger partial charge in [0.25, 0.3) is 0 Å². The summed E-state index contributed by atoms with van der Waals surface area (Å²) in [7, 11) is 0. The maximum atomic E-state index is 12.3. The first-order valence-corrected chi connectivity index (χ1v) is 6.79. The number of halogens is 1. The lowest BCUT2D eigenvalue weighted by Crippen LogP contribution is -2.40. The van der Waals surface area contributed by atoms with Crippen LogP contribution in [0.3, 0.4) is 0 Å². The van der Waals surface area contributed by atoms with E-state index in [0.29, 0.717) is 31.9 Å². The Morgan fingerprint density at radius 3 is 2.84 bits per heavy atom. The molecule has 1 fully saturated rings. The number of nitrogens with zero attached hydrogens (tertiary/aromatic N) is 2. The summed E-state index contributed by atoms with van der Waals surface area (Å²) < 4.78 is 6.06. The third-order valence-electron chi connectivity index (χ3n) is 3.27. The first-order chi connectivity index (χ1) is 9.07. The standard InChI is InChI=1S/C13H14BrN3O2/c1-9-6-10(14)7-16-11(9)17-12(18)13(8-15)2-4-19-5-3-13/h6-7H,2-5H2,1H3,(H,16,17,18). The molecule has 0 unspecified atom stereocenters. The lowest BCUT2D eigenvalue weighted by Gasteiger charge is -2.29. The van der Waals surface area contributed by atoms with Crippen LogP contribution in [-0.4, -0.2) is 24.1 Å². The predicted octanol–water partition coefficient (Wildman–Crippen LogP) is 2.41. The summed E-state index contributed by atoms with van der Waals surface area (Å²) in [5, 5.41) is 12.1. The molecule has 100 valence electrons. The van der Waals surface area contributed by atoms with Crippen molar-refractivity contribution >= 4 is 27.7 Å². The summed E-state index contributed by atoms with van der Waals surface area (Å²) >= 11 is 3.32. The third kappa shape index (κ3) is 2.94. The fourth-order valence-electron chi connectivity index (χ4n) is 2.01. The number of hydrogen-bond donors (Lipinski definition) is 1. The Hall–Kier alpha value is -1.45. The fourth-order valence-corrected chi connectivity index (χ4v) is 2.45. The minimum atomic E-state index is -1.00. The number of nitriles is 1. The lowest BCUT2D eigenvalue weighted by molar-refractivity contribution is -0.126. The molecule has 0 aromatic carbocycles. The summed E-state index contributed by atoms with van der Waals surface area (Å²) in [5.41, 5.74) is -0.151. The molecule has 2 heterocycles. The van der Waals surface area contributed by atoms with Crippen molar-refractivity contribution in [1.29, 1.82) is 5.26 Å². The molecule has 1 saturated heterocycles. The van der Waals surface area contributed by atoms with Crippen molar-refractivity contribution in [2.45, 2.75) is 19.8 Å². The summed E-state index contributed by atoms with van der Waals surface area (Å²) in [6, 6.07) is 4.01. The quantitative estimate of drug-likeness (QED) is 0.906. The topological polar surface area (TPSA) is 75.0 Å². The minimum absolute atomic E-state index is 0.295. The molecule has 0 aliphatic carbocycles. The molecular formula is C13H14BrN3O2. The van der Waals surface area contributed by atoms with Crippen LogP contribution in [0.15, 0.2) is 16.7 Å². The van der Waals surface area contributed by atoms with Crippen LogP contribution in [0.4, 0.5) is 5.82 Å². The second kappa shape index (κ2) is 5.68. The molecule has 0 bridgehead atoms. The minimum Gasteiger partial charge on any atom is -0.381 e. The molecule has 0 saturated carbocycles. The van der Waals surface area contributed by atoms with Crippen molar-refractivity contribution in [2.75, 3.05) is 18.5 Å². The third-order valence-corrected chi connectivity index (χ3v) is 3.71. The van der Waals surface area contributed by atoms with Crippen LogP contribution in [0.5, 0.6) is 0 Å². The maximum Gasteiger partial charge on any atom is 0.246 e. The van der Waals surface area contributed by atoms with E-state index in [0.717, 1.165) is 10.0 Å². The van der Waals surface area contributed by atoms with Crippen LogP contribution >= 0.6 is 15.9 Å². The van der Waals surface area contributed by atoms with Gasteiger partial charge in [0.2, 0.25) is 5.91 Å². The van der Waals surface area contributed by atoms with Gasteiger partial charge in [-0.1, -0.05) is 0 Å². The molecule has 6 heteroatoms. The Morgan fingerprint density at radius 1 is 1.58 bits per heavy atom. The number of aromatic nitrogens is 1. The molecule has 0 radical (unpaired) electrons. The molecule has 1 aromatic rings. The van der Waals surface area contributed by atoms with Gasteiger partial charge < -0.3 is 10.1 Å². The molecule has 2 rings (SSSR count). The van der Waals surface area contributed by atoms with Crippen LogP contribution < -0.4 is 5.32 Å². The highest BCUT2D eigenvalue weighted by Crippen LogP contribution is 2.31. The van der Waals surface area contributed by atoms with Gasteiger partial charge in [0, 0.05) is 23.9 Å². The molecule has 1 aromatic heterocycles. The van der Waals surface area contributed by atoms with Crippen molar-refractivity contribution in [3.8, 4) is 6.07 Å². The Morgan fingerprint density at radius 2 is 2.26 bits per heavy atom. The molecule has 1 aliphatic heterocycles. The van der Waals surface area contributed by atoms with Crippen LogP contribution in [-0.2, 0) is 9.53 Å². The van der Waals surface area contributed by atoms with E-state index < -0.39 is 5.41 Å². The summed E-state index contributed by atoms with van der Waals surface area (Å²) in [6.07, 6.45) is 2.46. The van der Waals surface area contributed by atoms with Gasteiger partial charge in [-0.25, -0.2) is 4.98 Å². The smallest absolute Gasteiger partial charge is 0.246 e. The highest BCUT2D eigenvalue weighted by Gasteiger charge is 2.40. The van der Waals surface area contributed by atoms with Gasteiger partial charge in [-0.05, 0) is 47.3 Å². The van der Waals surface area contributed by atoms with Gasteiger partial charge in [-0.2, -0.15) is 5.26 Å². The highest BCUT2D eigenvalue weighted by atomic mass is 79.9.